The van der Waals surface area contributed by atoms with Crippen molar-refractivity contribution < 1.29 is 14.6 Å². The summed E-state index contributed by atoms with van der Waals surface area (Å²) in [7, 11) is 4.02. The van der Waals surface area contributed by atoms with Crippen LogP contribution in [0, 0.1) is 11.3 Å². The van der Waals surface area contributed by atoms with Crippen molar-refractivity contribution in [2.45, 2.75) is 59.8 Å². The highest BCUT2D eigenvalue weighted by molar-refractivity contribution is 5.89. The van der Waals surface area contributed by atoms with Crippen molar-refractivity contribution in [1.82, 2.24) is 10.3 Å². The zero-order valence-electron chi connectivity index (χ0n) is 23.2. The number of carbonyl (C=O) groups is 1. The Balaban J connectivity index is 0.000000431. The van der Waals surface area contributed by atoms with Crippen LogP contribution in [0.15, 0.2) is 42.1 Å². The maximum absolute atomic E-state index is 9.93. The number of likely N-dealkylation sites (N-methyl/N-ethyl adjacent to an activating group) is 1. The van der Waals surface area contributed by atoms with Crippen LogP contribution < -0.4 is 10.2 Å². The number of aromatic amines is 1. The Morgan fingerprint density at radius 1 is 1.36 bits per heavy atom. The first-order valence-corrected chi connectivity index (χ1v) is 13.4. The second-order valence-corrected chi connectivity index (χ2v) is 9.89. The Morgan fingerprint density at radius 2 is 2.11 bits per heavy atom. The quantitative estimate of drug-likeness (QED) is 0.394. The Kier molecular flexibility index (Phi) is 11.7. The van der Waals surface area contributed by atoms with E-state index in [0.717, 1.165) is 54.6 Å². The lowest BCUT2D eigenvalue weighted by atomic mass is 9.72. The highest BCUT2D eigenvalue weighted by Gasteiger charge is 2.30. The molecule has 1 aromatic heterocycles. The smallest absolute Gasteiger partial charge is 0.125 e. The van der Waals surface area contributed by atoms with Crippen LogP contribution in [0.25, 0.3) is 16.5 Å². The Morgan fingerprint density at radius 3 is 2.67 bits per heavy atom. The minimum absolute atomic E-state index is 0.152. The summed E-state index contributed by atoms with van der Waals surface area (Å²) in [4.78, 5) is 15.5. The summed E-state index contributed by atoms with van der Waals surface area (Å²) >= 11 is 0. The van der Waals surface area contributed by atoms with E-state index in [-0.39, 0.29) is 12.5 Å². The van der Waals surface area contributed by atoms with Gasteiger partial charge in [-0.25, -0.2) is 0 Å². The molecule has 0 radical (unpaired) electrons. The van der Waals surface area contributed by atoms with Crippen LogP contribution >= 0.6 is 0 Å². The highest BCUT2D eigenvalue weighted by atomic mass is 16.5. The summed E-state index contributed by atoms with van der Waals surface area (Å²) in [6.07, 6.45) is 6.45. The number of aliphatic hydroxyl groups is 1. The van der Waals surface area contributed by atoms with Gasteiger partial charge in [-0.05, 0) is 60.4 Å². The number of anilines is 1. The number of nitrogens with one attached hydrogen (secondary N) is 2. The number of aromatic nitrogens is 1. The summed E-state index contributed by atoms with van der Waals surface area (Å²) in [6.45, 7) is 15.3. The van der Waals surface area contributed by atoms with E-state index in [4.69, 9.17) is 9.84 Å². The fraction of sp³-hybridized carbons (Fsp3) is 0.567. The number of hydrogen-bond acceptors (Lipinski definition) is 5. The molecule has 0 spiro atoms. The normalized spacial score (nSPS) is 21.2. The summed E-state index contributed by atoms with van der Waals surface area (Å²) in [5.74, 6) is 0.194. The number of aldehydes is 1. The van der Waals surface area contributed by atoms with Gasteiger partial charge in [0.05, 0.1) is 13.2 Å². The van der Waals surface area contributed by atoms with Gasteiger partial charge in [0.2, 0.25) is 0 Å². The third kappa shape index (κ3) is 7.47. The number of fused-ring (bicyclic) bond motifs is 1. The van der Waals surface area contributed by atoms with Crippen molar-refractivity contribution in [2.75, 3.05) is 45.4 Å². The van der Waals surface area contributed by atoms with Crippen molar-refractivity contribution in [3.8, 4) is 0 Å². The van der Waals surface area contributed by atoms with Gasteiger partial charge in [-0.2, -0.15) is 0 Å². The molecule has 200 valence electrons. The van der Waals surface area contributed by atoms with Gasteiger partial charge in [0.1, 0.15) is 6.29 Å². The molecule has 1 aliphatic heterocycles. The molecule has 0 bridgehead atoms. The van der Waals surface area contributed by atoms with Crippen LogP contribution in [0.3, 0.4) is 0 Å². The molecule has 2 aromatic rings. The second kappa shape index (κ2) is 14.2. The van der Waals surface area contributed by atoms with Crippen LogP contribution in [0.1, 0.15) is 65.5 Å². The minimum Gasteiger partial charge on any atom is -0.395 e. The molecule has 6 heteroatoms. The summed E-state index contributed by atoms with van der Waals surface area (Å²) in [6, 6.07) is 8.57. The SMILES string of the molecule is C=C(C1=C(NC)CC(C)(CC)CC1)c1cc2ccc(N(C)CCO)cc2[nH]1.CC.O=CC1CCOC1. The number of ether oxygens (including phenoxy) is 1. The number of aliphatic hydroxyl groups excluding tert-OH is 1. The van der Waals surface area contributed by atoms with Gasteiger partial charge in [-0.15, -0.1) is 0 Å². The lowest BCUT2D eigenvalue weighted by molar-refractivity contribution is -0.111. The van der Waals surface area contributed by atoms with Gasteiger partial charge in [-0.3, -0.25) is 0 Å². The lowest BCUT2D eigenvalue weighted by Gasteiger charge is -2.36. The molecule has 1 aliphatic carbocycles. The molecule has 36 heavy (non-hydrogen) atoms. The molecular weight excluding hydrogens is 450 g/mol. The fourth-order valence-electron chi connectivity index (χ4n) is 4.69. The predicted octanol–water partition coefficient (Wildman–Crippen LogP) is 5.93. The number of allylic oxidation sites excluding steroid dienone is 3. The molecule has 2 unspecified atom stereocenters. The molecular formula is C30H47N3O3. The predicted molar refractivity (Wildman–Crippen MR) is 152 cm³/mol. The molecule has 0 saturated carbocycles. The van der Waals surface area contributed by atoms with Gasteiger partial charge in [0, 0.05) is 61.1 Å². The first-order valence-electron chi connectivity index (χ1n) is 13.4. The summed E-state index contributed by atoms with van der Waals surface area (Å²) < 4.78 is 4.92. The van der Waals surface area contributed by atoms with Crippen LogP contribution in [0.4, 0.5) is 5.69 Å². The molecule has 1 saturated heterocycles. The maximum atomic E-state index is 9.93. The van der Waals surface area contributed by atoms with E-state index < -0.39 is 0 Å². The maximum Gasteiger partial charge on any atom is 0.125 e. The van der Waals surface area contributed by atoms with Crippen LogP contribution in [0.2, 0.25) is 0 Å². The van der Waals surface area contributed by atoms with E-state index in [2.05, 4.69) is 59.9 Å². The van der Waals surface area contributed by atoms with E-state index in [0.29, 0.717) is 18.6 Å². The molecule has 2 atom stereocenters. The van der Waals surface area contributed by atoms with Crippen LogP contribution in [-0.4, -0.2) is 56.8 Å². The average molecular weight is 498 g/mol. The zero-order chi connectivity index (χ0) is 26.7. The van der Waals surface area contributed by atoms with E-state index >= 15 is 0 Å². The molecule has 6 nitrogen and oxygen atoms in total. The van der Waals surface area contributed by atoms with Gasteiger partial charge >= 0.3 is 0 Å². The van der Waals surface area contributed by atoms with E-state index in [1.165, 1.54) is 29.5 Å². The van der Waals surface area contributed by atoms with Gasteiger partial charge < -0.3 is 29.8 Å². The Hall–Kier alpha value is -2.57. The fourth-order valence-corrected chi connectivity index (χ4v) is 4.69. The van der Waals surface area contributed by atoms with E-state index in [1.54, 1.807) is 0 Å². The van der Waals surface area contributed by atoms with Gasteiger partial charge in [0.15, 0.2) is 0 Å². The third-order valence-electron chi connectivity index (χ3n) is 7.43. The molecule has 4 rings (SSSR count). The number of H-pyrrole nitrogens is 1. The number of nitrogens with zero attached hydrogens (tertiary/aromatic N) is 1. The monoisotopic (exact) mass is 497 g/mol. The Bertz CT molecular complexity index is 1020. The standard InChI is InChI=1S/C23H33N3O.C5H8O2.C2H6/c1-6-23(3)10-9-19(22(15-23)24-4)16(2)20-13-17-7-8-18(14-21(17)25-20)26(5)11-12-27;6-3-5-1-2-7-4-5;1-2/h7-8,13-14,24-25,27H,2,6,9-12,15H2,1,3-5H3;3,5H,1-2,4H2;1-2H3. The van der Waals surface area contributed by atoms with Crippen molar-refractivity contribution >= 4 is 28.4 Å². The lowest BCUT2D eigenvalue weighted by Crippen LogP contribution is -2.26. The molecule has 0 amide bonds. The summed E-state index contributed by atoms with van der Waals surface area (Å²) in [5, 5.41) is 13.8. The number of hydrogen-bond donors (Lipinski definition) is 3. The van der Waals surface area contributed by atoms with Crippen molar-refractivity contribution in [3.05, 3.63) is 47.8 Å². The highest BCUT2D eigenvalue weighted by Crippen LogP contribution is 2.44. The number of carbonyl (C=O) groups excluding carboxylic acids is 1. The Labute approximate surface area is 217 Å². The van der Waals surface area contributed by atoms with Gasteiger partial charge in [-0.1, -0.05) is 46.8 Å². The molecule has 2 heterocycles. The molecule has 3 N–H and O–H groups in total. The second-order valence-electron chi connectivity index (χ2n) is 9.89. The van der Waals surface area contributed by atoms with Crippen LogP contribution in [-0.2, 0) is 9.53 Å². The summed E-state index contributed by atoms with van der Waals surface area (Å²) in [5.41, 5.74) is 7.46. The van der Waals surface area contributed by atoms with Crippen molar-refractivity contribution in [1.29, 1.82) is 0 Å². The van der Waals surface area contributed by atoms with Gasteiger partial charge in [0.25, 0.3) is 0 Å². The number of rotatable bonds is 8. The topological polar surface area (TPSA) is 77.6 Å². The number of benzene rings is 1. The van der Waals surface area contributed by atoms with Crippen molar-refractivity contribution in [2.24, 2.45) is 11.3 Å². The third-order valence-corrected chi connectivity index (χ3v) is 7.43. The van der Waals surface area contributed by atoms with E-state index in [1.807, 2.05) is 27.9 Å². The largest absolute Gasteiger partial charge is 0.395 e. The van der Waals surface area contributed by atoms with Crippen LogP contribution in [0.5, 0.6) is 0 Å². The minimum atomic E-state index is 0.152. The zero-order valence-corrected chi connectivity index (χ0v) is 23.2. The first kappa shape index (κ1) is 29.7. The molecule has 1 fully saturated rings. The molecule has 2 aliphatic rings. The molecule has 1 aromatic carbocycles. The average Bonchev–Trinajstić information content (AvgIpc) is 3.59. The first-order chi connectivity index (χ1) is 17.3. The van der Waals surface area contributed by atoms with Crippen molar-refractivity contribution in [3.63, 3.8) is 0 Å². The van der Waals surface area contributed by atoms with E-state index in [9.17, 15) is 4.79 Å².